The summed E-state index contributed by atoms with van der Waals surface area (Å²) in [4.78, 5) is 12.6. The van der Waals surface area contributed by atoms with E-state index in [0.717, 1.165) is 54.9 Å². The summed E-state index contributed by atoms with van der Waals surface area (Å²) in [5, 5.41) is 7.38. The number of hydrogen-bond acceptors (Lipinski definition) is 3. The minimum atomic E-state index is -0.117. The molecule has 1 aliphatic heterocycles. The highest BCUT2D eigenvalue weighted by Gasteiger charge is 2.18. The minimum absolute atomic E-state index is 0.117. The van der Waals surface area contributed by atoms with Crippen molar-refractivity contribution in [2.24, 2.45) is 5.92 Å². The second-order valence-electron chi connectivity index (χ2n) is 9.22. The Bertz CT molecular complexity index is 1030. The smallest absolute Gasteiger partial charge is 0.287 e. The van der Waals surface area contributed by atoms with Gasteiger partial charge < -0.3 is 15.1 Å². The van der Waals surface area contributed by atoms with E-state index in [1.54, 1.807) is 0 Å². The van der Waals surface area contributed by atoms with Crippen LogP contribution in [0, 0.1) is 5.92 Å². The molecule has 2 aliphatic rings. The van der Waals surface area contributed by atoms with Crippen LogP contribution in [-0.4, -0.2) is 25.5 Å². The fourth-order valence-electron chi connectivity index (χ4n) is 5.12. The van der Waals surface area contributed by atoms with Crippen LogP contribution in [0.25, 0.3) is 22.1 Å². The zero-order valence-corrected chi connectivity index (χ0v) is 18.2. The zero-order chi connectivity index (χ0) is 21.0. The van der Waals surface area contributed by atoms with Gasteiger partial charge in [0.2, 0.25) is 0 Å². The summed E-state index contributed by atoms with van der Waals surface area (Å²) in [5.74, 6) is 1.56. The maximum Gasteiger partial charge on any atom is 0.287 e. The molecular formula is C27H32N2O2. The van der Waals surface area contributed by atoms with E-state index in [0.29, 0.717) is 11.7 Å². The molecule has 4 heteroatoms. The van der Waals surface area contributed by atoms with Gasteiger partial charge in [-0.05, 0) is 79.4 Å². The highest BCUT2D eigenvalue weighted by molar-refractivity contribution is 5.96. The number of furan rings is 1. The van der Waals surface area contributed by atoms with E-state index in [2.05, 4.69) is 47.0 Å². The van der Waals surface area contributed by atoms with Gasteiger partial charge in [0.1, 0.15) is 5.58 Å². The Morgan fingerprint density at radius 1 is 0.903 bits per heavy atom. The van der Waals surface area contributed by atoms with Crippen LogP contribution in [0.15, 0.2) is 52.9 Å². The van der Waals surface area contributed by atoms with E-state index in [9.17, 15) is 4.79 Å². The first-order valence-corrected chi connectivity index (χ1v) is 11.9. The maximum atomic E-state index is 12.6. The molecule has 2 heterocycles. The molecule has 0 bridgehead atoms. The molecule has 31 heavy (non-hydrogen) atoms. The molecular weight excluding hydrogens is 384 g/mol. The SMILES string of the molecule is O=C(NCC1CCNCC1)c1cc2ccc(-c3ccc(C4CCCCC4)cc3)cc2o1. The van der Waals surface area contributed by atoms with Crippen LogP contribution in [0.3, 0.4) is 0 Å². The van der Waals surface area contributed by atoms with Crippen molar-refractivity contribution in [1.29, 1.82) is 0 Å². The predicted molar refractivity (Wildman–Crippen MR) is 125 cm³/mol. The van der Waals surface area contributed by atoms with Crippen LogP contribution in [0.2, 0.25) is 0 Å². The van der Waals surface area contributed by atoms with Crippen molar-refractivity contribution in [1.82, 2.24) is 10.6 Å². The molecule has 0 atom stereocenters. The molecule has 0 spiro atoms. The van der Waals surface area contributed by atoms with Crippen molar-refractivity contribution in [3.63, 3.8) is 0 Å². The standard InChI is InChI=1S/C27H32N2O2/c30-27(29-18-19-12-14-28-15-13-19)26-17-24-11-10-23(16-25(24)31-26)22-8-6-21(7-9-22)20-4-2-1-3-5-20/h6-11,16-17,19-20,28H,1-5,12-15,18H2,(H,29,30). The molecule has 1 amide bonds. The van der Waals surface area contributed by atoms with Crippen molar-refractivity contribution in [2.45, 2.75) is 50.9 Å². The molecule has 0 radical (unpaired) electrons. The van der Waals surface area contributed by atoms with Crippen LogP contribution in [0.5, 0.6) is 0 Å². The van der Waals surface area contributed by atoms with Crippen molar-refractivity contribution in [2.75, 3.05) is 19.6 Å². The van der Waals surface area contributed by atoms with Crippen LogP contribution >= 0.6 is 0 Å². The molecule has 162 valence electrons. The fourth-order valence-corrected chi connectivity index (χ4v) is 5.12. The summed E-state index contributed by atoms with van der Waals surface area (Å²) < 4.78 is 5.93. The largest absolute Gasteiger partial charge is 0.451 e. The molecule has 2 aromatic carbocycles. The van der Waals surface area contributed by atoms with Crippen molar-refractivity contribution < 1.29 is 9.21 Å². The molecule has 1 aromatic heterocycles. The fraction of sp³-hybridized carbons (Fsp3) is 0.444. The molecule has 2 N–H and O–H groups in total. The number of fused-ring (bicyclic) bond motifs is 1. The summed E-state index contributed by atoms with van der Waals surface area (Å²) in [6.07, 6.45) is 8.97. The third kappa shape index (κ3) is 4.69. The second-order valence-corrected chi connectivity index (χ2v) is 9.22. The summed E-state index contributed by atoms with van der Waals surface area (Å²) in [6, 6.07) is 17.1. The Balaban J connectivity index is 1.28. The Morgan fingerprint density at radius 2 is 1.65 bits per heavy atom. The van der Waals surface area contributed by atoms with E-state index < -0.39 is 0 Å². The first kappa shape index (κ1) is 20.3. The molecule has 0 unspecified atom stereocenters. The average Bonchev–Trinajstić information content (AvgIpc) is 3.27. The van der Waals surface area contributed by atoms with Crippen molar-refractivity contribution in [3.8, 4) is 11.1 Å². The van der Waals surface area contributed by atoms with Crippen LogP contribution in [-0.2, 0) is 0 Å². The third-order valence-electron chi connectivity index (χ3n) is 7.07. The van der Waals surface area contributed by atoms with Gasteiger partial charge >= 0.3 is 0 Å². The minimum Gasteiger partial charge on any atom is -0.451 e. The van der Waals surface area contributed by atoms with Gasteiger partial charge in [-0.1, -0.05) is 55.7 Å². The van der Waals surface area contributed by atoms with E-state index >= 15 is 0 Å². The molecule has 2 fully saturated rings. The van der Waals surface area contributed by atoms with Crippen LogP contribution in [0.4, 0.5) is 0 Å². The number of carbonyl (C=O) groups excluding carboxylic acids is 1. The lowest BCUT2D eigenvalue weighted by Gasteiger charge is -2.22. The van der Waals surface area contributed by atoms with Gasteiger partial charge in [0.25, 0.3) is 5.91 Å². The highest BCUT2D eigenvalue weighted by Crippen LogP contribution is 2.34. The van der Waals surface area contributed by atoms with Gasteiger partial charge in [-0.2, -0.15) is 0 Å². The summed E-state index contributed by atoms with van der Waals surface area (Å²) >= 11 is 0. The third-order valence-corrected chi connectivity index (χ3v) is 7.07. The molecule has 5 rings (SSSR count). The normalized spacial score (nSPS) is 18.3. The lowest BCUT2D eigenvalue weighted by molar-refractivity contribution is 0.0918. The summed E-state index contributed by atoms with van der Waals surface area (Å²) in [7, 11) is 0. The molecule has 3 aromatic rings. The van der Waals surface area contributed by atoms with Crippen molar-refractivity contribution >= 4 is 16.9 Å². The van der Waals surface area contributed by atoms with Gasteiger partial charge in [0.15, 0.2) is 5.76 Å². The lowest BCUT2D eigenvalue weighted by atomic mass is 9.84. The molecule has 1 saturated heterocycles. The number of nitrogens with one attached hydrogen (secondary N) is 2. The Morgan fingerprint density at radius 3 is 2.42 bits per heavy atom. The quantitative estimate of drug-likeness (QED) is 0.546. The topological polar surface area (TPSA) is 54.3 Å². The monoisotopic (exact) mass is 416 g/mol. The number of carbonyl (C=O) groups is 1. The highest BCUT2D eigenvalue weighted by atomic mass is 16.3. The maximum absolute atomic E-state index is 12.6. The summed E-state index contributed by atoms with van der Waals surface area (Å²) in [5.41, 5.74) is 4.55. The molecule has 1 saturated carbocycles. The Labute approximate surface area is 184 Å². The van der Waals surface area contributed by atoms with Crippen LogP contribution in [0.1, 0.15) is 67.0 Å². The first-order valence-electron chi connectivity index (χ1n) is 11.9. The average molecular weight is 417 g/mol. The van der Waals surface area contributed by atoms with Gasteiger partial charge in [0, 0.05) is 11.9 Å². The zero-order valence-electron chi connectivity index (χ0n) is 18.2. The van der Waals surface area contributed by atoms with E-state index in [1.807, 2.05) is 12.1 Å². The number of hydrogen-bond donors (Lipinski definition) is 2. The van der Waals surface area contributed by atoms with E-state index in [-0.39, 0.29) is 5.91 Å². The molecule has 1 aliphatic carbocycles. The lowest BCUT2D eigenvalue weighted by Crippen LogP contribution is -2.35. The van der Waals surface area contributed by atoms with Gasteiger partial charge in [-0.3, -0.25) is 4.79 Å². The number of benzene rings is 2. The first-order chi connectivity index (χ1) is 15.3. The summed E-state index contributed by atoms with van der Waals surface area (Å²) in [6.45, 7) is 2.79. The number of rotatable bonds is 5. The van der Waals surface area contributed by atoms with Crippen molar-refractivity contribution in [3.05, 3.63) is 59.9 Å². The Hall–Kier alpha value is -2.59. The van der Waals surface area contributed by atoms with Gasteiger partial charge in [-0.15, -0.1) is 0 Å². The molecule has 4 nitrogen and oxygen atoms in total. The predicted octanol–water partition coefficient (Wildman–Crippen LogP) is 5.88. The number of amides is 1. The number of piperidine rings is 1. The Kier molecular flexibility index (Phi) is 6.08. The van der Waals surface area contributed by atoms with E-state index in [4.69, 9.17) is 4.42 Å². The second kappa shape index (κ2) is 9.27. The van der Waals surface area contributed by atoms with Gasteiger partial charge in [-0.25, -0.2) is 0 Å². The van der Waals surface area contributed by atoms with Gasteiger partial charge in [0.05, 0.1) is 0 Å². The van der Waals surface area contributed by atoms with E-state index in [1.165, 1.54) is 43.2 Å². The van der Waals surface area contributed by atoms with Crippen LogP contribution < -0.4 is 10.6 Å².